The first kappa shape index (κ1) is 98.6. The van der Waals surface area contributed by atoms with E-state index in [2.05, 4.69) is 24.9 Å². The summed E-state index contributed by atoms with van der Waals surface area (Å²) in [5, 5.41) is 79.0. The number of ether oxygens (including phenoxy) is 5. The van der Waals surface area contributed by atoms with E-state index in [0.29, 0.717) is 40.5 Å². The Morgan fingerprint density at radius 2 is 0.648 bits per heavy atom. The predicted octanol–water partition coefficient (Wildman–Crippen LogP) is 9.63. The van der Waals surface area contributed by atoms with Gasteiger partial charge in [0.05, 0.1) is 52.7 Å². The third-order valence-electron chi connectivity index (χ3n) is 15.8. The van der Waals surface area contributed by atoms with Crippen molar-refractivity contribution in [1.82, 2.24) is 47.8 Å². The number of aryl methyl sites for hydroxylation is 2. The number of nitro benzene ring substituents is 3. The van der Waals surface area contributed by atoms with Crippen LogP contribution in [0.3, 0.4) is 0 Å². The van der Waals surface area contributed by atoms with Gasteiger partial charge in [0.15, 0.2) is 31.1 Å². The fourth-order valence-corrected chi connectivity index (χ4v) is 22.1. The van der Waals surface area contributed by atoms with E-state index < -0.39 is 139 Å². The number of non-ortho nitro benzene ring substituents is 2. The minimum atomic E-state index is -1.54. The number of nitrogens with zero attached hydrogens (tertiary/aromatic N) is 8. The quantitative estimate of drug-likeness (QED) is 0.0104. The number of hydrogen-bond donors (Lipinski definition) is 10. The molecule has 5 aliphatic rings. The number of aromatic amines is 5. The van der Waals surface area contributed by atoms with Gasteiger partial charge in [-0.1, -0.05) is 157 Å². The van der Waals surface area contributed by atoms with Gasteiger partial charge in [-0.25, -0.2) is 24.0 Å². The number of para-hydroxylation sites is 1. The maximum absolute atomic E-state index is 12.2. The van der Waals surface area contributed by atoms with E-state index in [4.69, 9.17) is 93.3 Å². The molecule has 55 heteroatoms. The lowest BCUT2D eigenvalue weighted by atomic mass is 10.3. The number of benzene rings is 3. The van der Waals surface area contributed by atoms with Crippen LogP contribution in [-0.4, -0.2) is 158 Å². The zero-order valence-electron chi connectivity index (χ0n) is 61.5. The van der Waals surface area contributed by atoms with Crippen molar-refractivity contribution in [3.05, 3.63) is 323 Å². The number of alkyl halides is 6. The van der Waals surface area contributed by atoms with Crippen molar-refractivity contribution in [2.75, 3.05) is 33.0 Å². The first-order valence-corrected chi connectivity index (χ1v) is 47.0. The van der Waals surface area contributed by atoms with E-state index in [0.717, 1.165) is 63.8 Å². The minimum Gasteiger partial charge on any atom is -0.393 e. The number of hydrogen-bond acceptors (Lipinski definition) is 36. The van der Waals surface area contributed by atoms with Crippen molar-refractivity contribution in [3.63, 3.8) is 0 Å². The standard InChI is InChI=1S/C16H15N3O6S2.2C15H13N3O6S2.C11H11Cl3N2O4S2.C10H9Cl3N2O4S2/c1-9-7-18(16(22)17-14(9)21)15-13(6-11(8-20)25-15)27-26-12-4-2-10(3-5-12)19(23)24;19-8-10-7-12(14(24-10)17-6-5-13(20)16-15(17)21)26-25-11-3-1-9(2-4-11)18(22)23;19-8-9-7-12(14(24-9)17-6-5-13(20)16-15(17)21)26-25-11-4-2-1-3-10(11)18(22)23;1-5-3-16(10(19)15-8(5)18)9-7(2-6(4-17)20-9)21-22-11(12,13)14;11-10(12,13)21-20-6-3-5(4-16)19-8(6)15-2-1-7(17)14-9(15)18/h2-7,11,15,20H,8H2,1H3,(H,17,21,22);1-7,10,14,19H,8H2,(H,16,20,21);1-7,9,14,19H,8H2,(H,16,20,21);2-3,6,9,17H,4H2,1H3,(H,15,18,19);1-3,5,8,16H,4H2,(H,14,17,18)/t11-,15+;10-,14+;9-,14+;6-,9+;5-,8+/m00000/s1. The summed E-state index contributed by atoms with van der Waals surface area (Å²) in [7, 11) is 11.8. The molecule has 0 saturated carbocycles. The van der Waals surface area contributed by atoms with Crippen molar-refractivity contribution < 1.29 is 64.0 Å². The summed E-state index contributed by atoms with van der Waals surface area (Å²) in [6.45, 7) is 1.86. The minimum absolute atomic E-state index is 0.000721. The molecule has 10 heterocycles. The van der Waals surface area contributed by atoms with Crippen molar-refractivity contribution in [3.8, 4) is 0 Å². The summed E-state index contributed by atoms with van der Waals surface area (Å²) in [6.07, 6.45) is 8.17. The van der Waals surface area contributed by atoms with Crippen LogP contribution in [0, 0.1) is 44.2 Å². The molecule has 39 nitrogen and oxygen atoms in total. The van der Waals surface area contributed by atoms with Crippen LogP contribution in [0.1, 0.15) is 42.3 Å². The van der Waals surface area contributed by atoms with E-state index in [1.807, 2.05) is 0 Å². The number of aromatic nitrogens is 10. The van der Waals surface area contributed by atoms with Crippen molar-refractivity contribution >= 4 is 195 Å². The highest BCUT2D eigenvalue weighted by molar-refractivity contribution is 8.80. The molecular weight excluding hydrogens is 1940 g/mol. The van der Waals surface area contributed by atoms with Crippen LogP contribution in [-0.2, 0) is 23.7 Å². The van der Waals surface area contributed by atoms with Gasteiger partial charge in [0, 0.05) is 125 Å². The zero-order chi connectivity index (χ0) is 89.0. The van der Waals surface area contributed by atoms with Crippen molar-refractivity contribution in [2.45, 2.75) is 96.4 Å². The molecule has 652 valence electrons. The van der Waals surface area contributed by atoms with Crippen molar-refractivity contribution in [1.29, 1.82) is 0 Å². The van der Waals surface area contributed by atoms with E-state index >= 15 is 0 Å². The highest BCUT2D eigenvalue weighted by Crippen LogP contribution is 2.55. The molecule has 0 spiro atoms. The Morgan fingerprint density at radius 3 is 0.926 bits per heavy atom. The highest BCUT2D eigenvalue weighted by atomic mass is 35.6. The fraction of sp³-hybridized carbons (Fsp3) is 0.284. The second kappa shape index (κ2) is 45.8. The summed E-state index contributed by atoms with van der Waals surface area (Å²) in [4.78, 5) is 164. The summed E-state index contributed by atoms with van der Waals surface area (Å²) in [5.74, 6) is 0. The van der Waals surface area contributed by atoms with Crippen molar-refractivity contribution in [2.24, 2.45) is 0 Å². The molecule has 0 bridgehead atoms. The summed E-state index contributed by atoms with van der Waals surface area (Å²) in [6, 6.07) is 22.0. The molecule has 10 N–H and O–H groups in total. The molecule has 0 radical (unpaired) electrons. The van der Waals surface area contributed by atoms with Gasteiger partial charge in [0.1, 0.15) is 30.5 Å². The molecule has 0 aliphatic carbocycles. The maximum Gasteiger partial charge on any atom is 0.330 e. The topological polar surface area (TPSA) is 551 Å². The third-order valence-corrected chi connectivity index (χ3v) is 31.1. The molecule has 0 unspecified atom stereocenters. The fourth-order valence-electron chi connectivity index (χ4n) is 10.3. The number of halogens is 6. The Labute approximate surface area is 751 Å². The van der Waals surface area contributed by atoms with Crippen LogP contribution >= 0.6 is 178 Å². The van der Waals surface area contributed by atoms with Crippen LogP contribution < -0.4 is 56.2 Å². The van der Waals surface area contributed by atoms with Gasteiger partial charge in [0.25, 0.3) is 44.9 Å². The largest absolute Gasteiger partial charge is 0.393 e. The number of H-pyrrole nitrogens is 5. The molecule has 122 heavy (non-hydrogen) atoms. The number of rotatable bonds is 26. The van der Waals surface area contributed by atoms with Crippen LogP contribution in [0.25, 0.3) is 0 Å². The molecule has 5 aliphatic heterocycles. The number of nitro groups is 3. The number of nitrogens with one attached hydrogen (secondary N) is 5. The van der Waals surface area contributed by atoms with E-state index in [1.54, 1.807) is 86.7 Å². The van der Waals surface area contributed by atoms with Crippen LogP contribution in [0.4, 0.5) is 17.1 Å². The molecule has 3 aromatic carbocycles. The summed E-state index contributed by atoms with van der Waals surface area (Å²) >= 11 is 34.1. The van der Waals surface area contributed by atoms with Gasteiger partial charge in [0.2, 0.25) is 6.25 Å². The highest BCUT2D eigenvalue weighted by Gasteiger charge is 2.37. The Morgan fingerprint density at radius 1 is 0.369 bits per heavy atom. The Hall–Kier alpha value is -7.20. The Kier molecular flexibility index (Phi) is 37.0. The predicted molar refractivity (Wildman–Crippen MR) is 472 cm³/mol. The molecule has 0 amide bonds. The number of aliphatic hydroxyl groups is 5. The average Bonchev–Trinajstić information content (AvgIpc) is 1.64. The molecular formula is C67H61Cl6N13O26S10. The van der Waals surface area contributed by atoms with Gasteiger partial charge in [-0.2, -0.15) is 0 Å². The van der Waals surface area contributed by atoms with Gasteiger partial charge in [-0.05, 0) is 107 Å². The van der Waals surface area contributed by atoms with Crippen LogP contribution in [0.15, 0.2) is 240 Å². The van der Waals surface area contributed by atoms with E-state index in [1.165, 1.54) is 156 Å². The molecule has 0 saturated heterocycles. The molecule has 0 fully saturated rings. The Bertz CT molecular complexity index is 5920. The normalized spacial score (nSPS) is 20.3. The first-order chi connectivity index (χ1) is 57.9. The van der Waals surface area contributed by atoms with E-state index in [9.17, 15) is 104 Å². The second-order valence-corrected chi connectivity index (χ2v) is 41.9. The first-order valence-electron chi connectivity index (χ1n) is 34.0. The van der Waals surface area contributed by atoms with Crippen LogP contribution in [0.2, 0.25) is 0 Å². The van der Waals surface area contributed by atoms with Crippen LogP contribution in [0.5, 0.6) is 0 Å². The van der Waals surface area contributed by atoms with E-state index in [-0.39, 0.29) is 50.1 Å². The summed E-state index contributed by atoms with van der Waals surface area (Å²) in [5.41, 5.74) is -4.93. The van der Waals surface area contributed by atoms with Gasteiger partial charge in [-0.3, -0.25) is 102 Å². The third kappa shape index (κ3) is 28.1. The summed E-state index contributed by atoms with van der Waals surface area (Å²) < 4.78 is 31.1. The molecule has 5 aromatic heterocycles. The molecule has 8 aromatic rings. The smallest absolute Gasteiger partial charge is 0.330 e. The molecule has 10 atom stereocenters. The van der Waals surface area contributed by atoms with Gasteiger partial charge >= 0.3 is 28.4 Å². The lowest BCUT2D eigenvalue weighted by Gasteiger charge is -2.19. The lowest BCUT2D eigenvalue weighted by molar-refractivity contribution is -0.387. The maximum atomic E-state index is 12.2. The second-order valence-electron chi connectivity index (χ2n) is 24.4. The zero-order valence-corrected chi connectivity index (χ0v) is 74.2. The van der Waals surface area contributed by atoms with Gasteiger partial charge < -0.3 is 49.2 Å². The van der Waals surface area contributed by atoms with Gasteiger partial charge in [-0.15, -0.1) is 0 Å². The molecule has 13 rings (SSSR count). The Balaban J connectivity index is 0.000000174. The SMILES string of the molecule is Cc1cn([C@@H]2O[C@H](CO)C=C2SSC(Cl)(Cl)Cl)c(=O)[nH]c1=O.Cc1cn([C@@H]2O[C@H](CO)C=C2SSc2ccc([N+](=O)[O-])cc2)c(=O)[nH]c1=O.O=c1ccn([C@@H]2O[C@H](CO)C=C2SSC(Cl)(Cl)Cl)c(=O)[nH]1.O=c1ccn([C@@H]2O[C@H](CO)C=C2SSc2ccc([N+](=O)[O-])cc2)c(=O)[nH]1.O=c1ccn([C@@H]2O[C@H](CO)C=C2SSc2ccccc2[N+](=O)[O-])c(=O)[nH]1. The number of aliphatic hydroxyl groups excluding tert-OH is 5. The lowest BCUT2D eigenvalue weighted by Crippen LogP contribution is -2.34. The monoisotopic (exact) mass is 1990 g/mol. The average molecular weight is 2000 g/mol.